The summed E-state index contributed by atoms with van der Waals surface area (Å²) in [6, 6.07) is 5.68. The maximum atomic E-state index is 13.4. The Morgan fingerprint density at radius 2 is 1.88 bits per heavy atom. The van der Waals surface area contributed by atoms with Gasteiger partial charge in [0.15, 0.2) is 5.49 Å². The molecule has 1 aliphatic rings. The Morgan fingerprint density at radius 3 is 2.56 bits per heavy atom. The standard InChI is InChI=1S/C23H26F3N5O/c1-14-17(6-5-7-19(14)23(24,25)26)15(2)28-22-18-12-21(31-8-10-32-11-9-31)27-13-20(18)30(4)16(3)29-22/h5-7,12-13,15H,8-11H2,1-4H3/t15-/m1/s1. The van der Waals surface area contributed by atoms with Gasteiger partial charge in [-0.1, -0.05) is 12.1 Å². The normalized spacial score (nSPS) is 16.6. The van der Waals surface area contributed by atoms with Gasteiger partial charge in [0.2, 0.25) is 0 Å². The quantitative estimate of drug-likeness (QED) is 0.609. The lowest BCUT2D eigenvalue weighted by atomic mass is 9.97. The molecule has 1 saturated heterocycles. The van der Waals surface area contributed by atoms with Crippen molar-refractivity contribution in [2.75, 3.05) is 31.2 Å². The minimum atomic E-state index is -4.40. The van der Waals surface area contributed by atoms with Gasteiger partial charge < -0.3 is 14.2 Å². The van der Waals surface area contributed by atoms with E-state index >= 15 is 0 Å². The van der Waals surface area contributed by atoms with Crippen LogP contribution in [0.2, 0.25) is 0 Å². The van der Waals surface area contributed by atoms with Gasteiger partial charge in [-0.05, 0) is 44.0 Å². The Kier molecular flexibility index (Phi) is 5.94. The van der Waals surface area contributed by atoms with Crippen molar-refractivity contribution in [2.45, 2.75) is 33.0 Å². The number of anilines is 1. The first-order valence-corrected chi connectivity index (χ1v) is 10.5. The second-order valence-electron chi connectivity index (χ2n) is 8.02. The SMILES string of the molecule is Cc1c([C@@H](C)N=c2nc(C)n(C)c3cnc(N4CCOCC4)cc23)cccc1C(F)(F)F. The van der Waals surface area contributed by atoms with Crippen molar-refractivity contribution in [3.05, 3.63) is 58.5 Å². The van der Waals surface area contributed by atoms with Gasteiger partial charge in [-0.2, -0.15) is 13.2 Å². The molecule has 1 fully saturated rings. The summed E-state index contributed by atoms with van der Waals surface area (Å²) in [6.07, 6.45) is -2.60. The number of halogens is 3. The molecule has 1 atom stereocenters. The van der Waals surface area contributed by atoms with E-state index in [-0.39, 0.29) is 5.56 Å². The summed E-state index contributed by atoms with van der Waals surface area (Å²) in [5.41, 5.74) is 1.44. The number of pyridine rings is 1. The highest BCUT2D eigenvalue weighted by Gasteiger charge is 2.33. The minimum absolute atomic E-state index is 0.189. The number of fused-ring (bicyclic) bond motifs is 1. The van der Waals surface area contributed by atoms with Gasteiger partial charge in [-0.15, -0.1) is 0 Å². The summed E-state index contributed by atoms with van der Waals surface area (Å²) in [7, 11) is 1.91. The molecule has 0 radical (unpaired) electrons. The molecule has 0 N–H and O–H groups in total. The zero-order chi connectivity index (χ0) is 23.0. The monoisotopic (exact) mass is 445 g/mol. The zero-order valence-electron chi connectivity index (χ0n) is 18.6. The Morgan fingerprint density at radius 1 is 1.16 bits per heavy atom. The van der Waals surface area contributed by atoms with E-state index in [1.165, 1.54) is 13.0 Å². The summed E-state index contributed by atoms with van der Waals surface area (Å²) < 4.78 is 47.5. The van der Waals surface area contributed by atoms with Crippen molar-refractivity contribution in [3.63, 3.8) is 0 Å². The smallest absolute Gasteiger partial charge is 0.378 e. The van der Waals surface area contributed by atoms with Crippen LogP contribution in [0, 0.1) is 13.8 Å². The highest BCUT2D eigenvalue weighted by molar-refractivity contribution is 5.80. The molecule has 32 heavy (non-hydrogen) atoms. The predicted molar refractivity (Wildman–Crippen MR) is 116 cm³/mol. The van der Waals surface area contributed by atoms with Crippen molar-refractivity contribution in [1.29, 1.82) is 0 Å². The molecule has 1 aromatic carbocycles. The highest BCUT2D eigenvalue weighted by Crippen LogP contribution is 2.35. The van der Waals surface area contributed by atoms with E-state index in [4.69, 9.17) is 9.73 Å². The van der Waals surface area contributed by atoms with Crippen LogP contribution in [0.4, 0.5) is 19.0 Å². The average molecular weight is 445 g/mol. The first kappa shape index (κ1) is 22.3. The second kappa shape index (κ2) is 8.54. The van der Waals surface area contributed by atoms with Gasteiger partial charge in [0.05, 0.1) is 36.5 Å². The van der Waals surface area contributed by atoms with Crippen LogP contribution in [-0.2, 0) is 18.0 Å². The fraction of sp³-hybridized carbons (Fsp3) is 0.435. The highest BCUT2D eigenvalue weighted by atomic mass is 19.4. The number of aryl methyl sites for hydroxylation is 2. The van der Waals surface area contributed by atoms with Crippen LogP contribution in [-0.4, -0.2) is 40.8 Å². The largest absolute Gasteiger partial charge is 0.416 e. The summed E-state index contributed by atoms with van der Waals surface area (Å²) in [5, 5.41) is 0.811. The van der Waals surface area contributed by atoms with Crippen molar-refractivity contribution in [2.24, 2.45) is 12.0 Å². The molecular weight excluding hydrogens is 419 g/mol. The third-order valence-electron chi connectivity index (χ3n) is 6.01. The number of rotatable bonds is 3. The van der Waals surface area contributed by atoms with Crippen LogP contribution in [0.15, 0.2) is 35.5 Å². The molecule has 0 aliphatic carbocycles. The van der Waals surface area contributed by atoms with E-state index in [0.29, 0.717) is 24.3 Å². The molecule has 1 aliphatic heterocycles. The molecular formula is C23H26F3N5O. The van der Waals surface area contributed by atoms with E-state index in [2.05, 4.69) is 14.9 Å². The molecule has 0 unspecified atom stereocenters. The molecule has 0 amide bonds. The summed E-state index contributed by atoms with van der Waals surface area (Å²) >= 11 is 0. The lowest BCUT2D eigenvalue weighted by Gasteiger charge is -2.28. The summed E-state index contributed by atoms with van der Waals surface area (Å²) in [5.74, 6) is 1.55. The first-order chi connectivity index (χ1) is 15.2. The Balaban J connectivity index is 1.85. The lowest BCUT2D eigenvalue weighted by Crippen LogP contribution is -2.36. The molecule has 0 spiro atoms. The summed E-state index contributed by atoms with van der Waals surface area (Å²) in [6.45, 7) is 7.93. The Labute approximate surface area is 184 Å². The van der Waals surface area contributed by atoms with E-state index in [0.717, 1.165) is 41.7 Å². The maximum absolute atomic E-state index is 13.4. The number of aromatic nitrogens is 3. The van der Waals surface area contributed by atoms with Crippen LogP contribution in [0.5, 0.6) is 0 Å². The number of alkyl halides is 3. The lowest BCUT2D eigenvalue weighted by molar-refractivity contribution is -0.138. The predicted octanol–water partition coefficient (Wildman–Crippen LogP) is 4.10. The molecule has 9 heteroatoms. The Hall–Kier alpha value is -2.94. The van der Waals surface area contributed by atoms with Crippen LogP contribution < -0.4 is 10.4 Å². The van der Waals surface area contributed by atoms with Crippen molar-refractivity contribution in [1.82, 2.24) is 14.5 Å². The fourth-order valence-electron chi connectivity index (χ4n) is 4.08. The topological polar surface area (TPSA) is 55.5 Å². The molecule has 6 nitrogen and oxygen atoms in total. The van der Waals surface area contributed by atoms with Crippen LogP contribution in [0.3, 0.4) is 0 Å². The van der Waals surface area contributed by atoms with Gasteiger partial charge in [-0.25, -0.2) is 9.97 Å². The van der Waals surface area contributed by atoms with E-state index in [1.54, 1.807) is 19.2 Å². The van der Waals surface area contributed by atoms with E-state index in [1.807, 2.05) is 24.6 Å². The van der Waals surface area contributed by atoms with Crippen molar-refractivity contribution in [3.8, 4) is 0 Å². The third-order valence-corrected chi connectivity index (χ3v) is 6.01. The fourth-order valence-corrected chi connectivity index (χ4v) is 4.08. The van der Waals surface area contributed by atoms with Crippen LogP contribution in [0.1, 0.15) is 35.5 Å². The van der Waals surface area contributed by atoms with Crippen LogP contribution in [0.25, 0.3) is 10.9 Å². The summed E-state index contributed by atoms with van der Waals surface area (Å²) in [4.78, 5) is 16.2. The minimum Gasteiger partial charge on any atom is -0.378 e. The van der Waals surface area contributed by atoms with Gasteiger partial charge in [0.1, 0.15) is 11.6 Å². The second-order valence-corrected chi connectivity index (χ2v) is 8.02. The van der Waals surface area contributed by atoms with Gasteiger partial charge in [-0.3, -0.25) is 4.99 Å². The molecule has 2 aromatic heterocycles. The molecule has 170 valence electrons. The number of hydrogen-bond acceptors (Lipinski definition) is 5. The molecule has 0 saturated carbocycles. The van der Waals surface area contributed by atoms with E-state index in [9.17, 15) is 13.2 Å². The number of hydrogen-bond donors (Lipinski definition) is 0. The zero-order valence-corrected chi connectivity index (χ0v) is 18.6. The molecule has 4 rings (SSSR count). The van der Waals surface area contributed by atoms with Gasteiger partial charge >= 0.3 is 6.18 Å². The first-order valence-electron chi connectivity index (χ1n) is 10.5. The van der Waals surface area contributed by atoms with Crippen molar-refractivity contribution >= 4 is 16.7 Å². The molecule has 3 aromatic rings. The third kappa shape index (κ3) is 4.21. The van der Waals surface area contributed by atoms with Gasteiger partial charge in [0.25, 0.3) is 0 Å². The van der Waals surface area contributed by atoms with Gasteiger partial charge in [0, 0.05) is 25.5 Å². The number of benzene rings is 1. The average Bonchev–Trinajstić information content (AvgIpc) is 2.77. The van der Waals surface area contributed by atoms with E-state index < -0.39 is 17.8 Å². The Bertz CT molecular complexity index is 1210. The number of nitrogens with zero attached hydrogens (tertiary/aromatic N) is 5. The molecule has 3 heterocycles. The number of morpholine rings is 1. The number of ether oxygens (including phenoxy) is 1. The van der Waals surface area contributed by atoms with Crippen LogP contribution >= 0.6 is 0 Å². The van der Waals surface area contributed by atoms with Crippen molar-refractivity contribution < 1.29 is 17.9 Å². The molecule has 0 bridgehead atoms. The maximum Gasteiger partial charge on any atom is 0.416 e.